The predicted molar refractivity (Wildman–Crippen MR) is 77.2 cm³/mol. The number of rotatable bonds is 4. The van der Waals surface area contributed by atoms with Gasteiger partial charge < -0.3 is 9.84 Å². The summed E-state index contributed by atoms with van der Waals surface area (Å²) in [4.78, 5) is 12.0. The average molecular weight is 278 g/mol. The van der Waals surface area contributed by atoms with E-state index in [1.165, 1.54) is 0 Å². The monoisotopic (exact) mass is 278 g/mol. The number of carbonyl (C=O) groups excluding carboxylic acids is 1. The molecule has 0 bridgehead atoms. The Labute approximate surface area is 116 Å². The molecule has 0 aliphatic rings. The van der Waals surface area contributed by atoms with Gasteiger partial charge in [-0.05, 0) is 37.6 Å². The van der Waals surface area contributed by atoms with Crippen LogP contribution in [-0.2, 0) is 9.53 Å². The molecule has 1 aromatic heterocycles. The van der Waals surface area contributed by atoms with Gasteiger partial charge in [-0.3, -0.25) is 4.79 Å². The maximum atomic E-state index is 12.0. The number of fused-ring (bicyclic) bond motifs is 1. The standard InChI is InChI=1S/C15H18O3S/c1-4-18-14(17)15(2,3)13(16)11-9-19-12-8-6-5-7-10(11)12/h5-9,13,16H,4H2,1-3H3. The first-order valence-electron chi connectivity index (χ1n) is 6.30. The molecule has 0 saturated carbocycles. The summed E-state index contributed by atoms with van der Waals surface area (Å²) < 4.78 is 6.15. The molecule has 1 heterocycles. The molecule has 1 atom stereocenters. The van der Waals surface area contributed by atoms with Crippen molar-refractivity contribution >= 4 is 27.4 Å². The molecule has 102 valence electrons. The van der Waals surface area contributed by atoms with Crippen LogP contribution in [0, 0.1) is 5.41 Å². The zero-order valence-electron chi connectivity index (χ0n) is 11.3. The number of thiophene rings is 1. The fourth-order valence-corrected chi connectivity index (χ4v) is 3.01. The van der Waals surface area contributed by atoms with E-state index in [-0.39, 0.29) is 5.97 Å². The zero-order chi connectivity index (χ0) is 14.0. The van der Waals surface area contributed by atoms with Crippen molar-refractivity contribution in [3.63, 3.8) is 0 Å². The average Bonchev–Trinajstić information content (AvgIpc) is 2.81. The van der Waals surface area contributed by atoms with Gasteiger partial charge in [-0.15, -0.1) is 11.3 Å². The summed E-state index contributed by atoms with van der Waals surface area (Å²) in [7, 11) is 0. The zero-order valence-corrected chi connectivity index (χ0v) is 12.2. The molecule has 0 radical (unpaired) electrons. The summed E-state index contributed by atoms with van der Waals surface area (Å²) in [6.45, 7) is 5.50. The lowest BCUT2D eigenvalue weighted by Crippen LogP contribution is -2.33. The lowest BCUT2D eigenvalue weighted by atomic mass is 9.82. The third-order valence-electron chi connectivity index (χ3n) is 3.29. The Hall–Kier alpha value is -1.39. The number of carbonyl (C=O) groups is 1. The van der Waals surface area contributed by atoms with E-state index in [0.717, 1.165) is 15.6 Å². The highest BCUT2D eigenvalue weighted by Crippen LogP contribution is 2.40. The Morgan fingerprint density at radius 1 is 1.42 bits per heavy atom. The van der Waals surface area contributed by atoms with Crippen LogP contribution in [0.5, 0.6) is 0 Å². The Balaban J connectivity index is 2.38. The Morgan fingerprint density at radius 2 is 2.11 bits per heavy atom. The van der Waals surface area contributed by atoms with Crippen LogP contribution in [0.1, 0.15) is 32.4 Å². The Kier molecular flexibility index (Phi) is 3.92. The van der Waals surface area contributed by atoms with Gasteiger partial charge in [0.25, 0.3) is 0 Å². The molecule has 19 heavy (non-hydrogen) atoms. The van der Waals surface area contributed by atoms with Crippen LogP contribution in [-0.4, -0.2) is 17.7 Å². The minimum atomic E-state index is -0.958. The van der Waals surface area contributed by atoms with Crippen LogP contribution in [0.4, 0.5) is 0 Å². The number of aliphatic hydroxyl groups is 1. The van der Waals surface area contributed by atoms with Crippen LogP contribution >= 0.6 is 11.3 Å². The smallest absolute Gasteiger partial charge is 0.314 e. The Morgan fingerprint density at radius 3 is 2.79 bits per heavy atom. The van der Waals surface area contributed by atoms with E-state index in [1.807, 2.05) is 29.6 Å². The molecule has 0 spiro atoms. The summed E-state index contributed by atoms with van der Waals surface area (Å²) in [5.74, 6) is -0.377. The van der Waals surface area contributed by atoms with Crippen LogP contribution < -0.4 is 0 Å². The topological polar surface area (TPSA) is 46.5 Å². The molecule has 0 saturated heterocycles. The van der Waals surface area contributed by atoms with Gasteiger partial charge in [0.15, 0.2) is 0 Å². The maximum Gasteiger partial charge on any atom is 0.314 e. The van der Waals surface area contributed by atoms with Crippen molar-refractivity contribution in [1.82, 2.24) is 0 Å². The minimum absolute atomic E-state index is 0.319. The van der Waals surface area contributed by atoms with Crippen molar-refractivity contribution in [1.29, 1.82) is 0 Å². The number of ether oxygens (including phenoxy) is 1. The number of benzene rings is 1. The van der Waals surface area contributed by atoms with Crippen LogP contribution in [0.3, 0.4) is 0 Å². The molecule has 1 N–H and O–H groups in total. The number of hydrogen-bond donors (Lipinski definition) is 1. The van der Waals surface area contributed by atoms with Gasteiger partial charge in [0.1, 0.15) is 0 Å². The molecule has 3 nitrogen and oxygen atoms in total. The molecule has 0 fully saturated rings. The summed E-state index contributed by atoms with van der Waals surface area (Å²) in [5.41, 5.74) is -0.168. The number of hydrogen-bond acceptors (Lipinski definition) is 4. The minimum Gasteiger partial charge on any atom is -0.465 e. The van der Waals surface area contributed by atoms with E-state index in [9.17, 15) is 9.90 Å². The molecular weight excluding hydrogens is 260 g/mol. The molecule has 0 aliphatic heterocycles. The van der Waals surface area contributed by atoms with E-state index in [0.29, 0.717) is 6.61 Å². The van der Waals surface area contributed by atoms with Gasteiger partial charge >= 0.3 is 5.97 Å². The summed E-state index contributed by atoms with van der Waals surface area (Å²) in [6, 6.07) is 7.87. The fraction of sp³-hybridized carbons (Fsp3) is 0.400. The third kappa shape index (κ3) is 2.51. The molecule has 0 amide bonds. The van der Waals surface area contributed by atoms with Gasteiger partial charge in [0.2, 0.25) is 0 Å². The second-order valence-electron chi connectivity index (χ2n) is 5.03. The summed E-state index contributed by atoms with van der Waals surface area (Å²) >= 11 is 1.57. The first-order chi connectivity index (χ1) is 8.98. The van der Waals surface area contributed by atoms with Gasteiger partial charge in [0.05, 0.1) is 18.1 Å². The SMILES string of the molecule is CCOC(=O)C(C)(C)C(O)c1csc2ccccc12. The van der Waals surface area contributed by atoms with E-state index < -0.39 is 11.5 Å². The van der Waals surface area contributed by atoms with E-state index in [2.05, 4.69) is 0 Å². The van der Waals surface area contributed by atoms with Gasteiger partial charge in [-0.2, -0.15) is 0 Å². The maximum absolute atomic E-state index is 12.0. The first kappa shape index (κ1) is 14.0. The van der Waals surface area contributed by atoms with E-state index in [4.69, 9.17) is 4.74 Å². The van der Waals surface area contributed by atoms with Crippen LogP contribution in [0.2, 0.25) is 0 Å². The third-order valence-corrected chi connectivity index (χ3v) is 4.27. The number of aliphatic hydroxyl groups excluding tert-OH is 1. The fourth-order valence-electron chi connectivity index (χ4n) is 2.03. The van der Waals surface area contributed by atoms with Crippen molar-refractivity contribution in [2.45, 2.75) is 26.9 Å². The van der Waals surface area contributed by atoms with Crippen LogP contribution in [0.15, 0.2) is 29.6 Å². The van der Waals surface area contributed by atoms with Crippen molar-refractivity contribution in [2.75, 3.05) is 6.61 Å². The number of esters is 1. The normalized spacial score (nSPS) is 13.5. The predicted octanol–water partition coefficient (Wildman–Crippen LogP) is 3.52. The van der Waals surface area contributed by atoms with Crippen molar-refractivity contribution in [3.05, 3.63) is 35.2 Å². The van der Waals surface area contributed by atoms with Crippen molar-refractivity contribution in [2.24, 2.45) is 5.41 Å². The second-order valence-corrected chi connectivity index (χ2v) is 5.94. The largest absolute Gasteiger partial charge is 0.465 e. The lowest BCUT2D eigenvalue weighted by molar-refractivity contribution is -0.160. The van der Waals surface area contributed by atoms with E-state index >= 15 is 0 Å². The molecule has 2 rings (SSSR count). The molecule has 1 aromatic carbocycles. The van der Waals surface area contributed by atoms with Gasteiger partial charge in [0, 0.05) is 10.3 Å². The molecule has 4 heteroatoms. The first-order valence-corrected chi connectivity index (χ1v) is 7.18. The molecule has 1 unspecified atom stereocenters. The van der Waals surface area contributed by atoms with Crippen molar-refractivity contribution < 1.29 is 14.6 Å². The summed E-state index contributed by atoms with van der Waals surface area (Å²) in [6.07, 6.45) is -0.873. The molecular formula is C15H18O3S. The molecule has 0 aliphatic carbocycles. The van der Waals surface area contributed by atoms with Gasteiger partial charge in [-0.25, -0.2) is 0 Å². The van der Waals surface area contributed by atoms with Crippen molar-refractivity contribution in [3.8, 4) is 0 Å². The quantitative estimate of drug-likeness (QED) is 0.870. The van der Waals surface area contributed by atoms with Crippen LogP contribution in [0.25, 0.3) is 10.1 Å². The highest BCUT2D eigenvalue weighted by Gasteiger charge is 2.39. The highest BCUT2D eigenvalue weighted by molar-refractivity contribution is 7.17. The highest BCUT2D eigenvalue weighted by atomic mass is 32.1. The molecule has 2 aromatic rings. The van der Waals surface area contributed by atoms with Gasteiger partial charge in [-0.1, -0.05) is 18.2 Å². The second kappa shape index (κ2) is 5.31. The summed E-state index contributed by atoms with van der Waals surface area (Å²) in [5, 5.41) is 13.4. The lowest BCUT2D eigenvalue weighted by Gasteiger charge is -2.28. The Bertz CT molecular complexity index is 586. The van der Waals surface area contributed by atoms with E-state index in [1.54, 1.807) is 32.1 Å².